The largest absolute Gasteiger partial charge is 0.472 e. The topological polar surface area (TPSA) is 59.4 Å². The average molecular weight is 223 g/mol. The minimum atomic E-state index is -0.477. The molecule has 1 atom stereocenters. The van der Waals surface area contributed by atoms with Crippen LogP contribution in [-0.4, -0.2) is 11.7 Å². The van der Waals surface area contributed by atoms with Gasteiger partial charge in [-0.3, -0.25) is 0 Å². The summed E-state index contributed by atoms with van der Waals surface area (Å²) in [6.07, 6.45) is 9.69. The third-order valence-corrected chi connectivity index (χ3v) is 3.94. The fourth-order valence-electron chi connectivity index (χ4n) is 2.81. The Kier molecular flexibility index (Phi) is 3.66. The van der Waals surface area contributed by atoms with E-state index in [4.69, 9.17) is 10.2 Å². The molecule has 3 N–H and O–H groups in total. The molecule has 90 valence electrons. The minimum Gasteiger partial charge on any atom is -0.472 e. The Morgan fingerprint density at radius 2 is 2.00 bits per heavy atom. The lowest BCUT2D eigenvalue weighted by molar-refractivity contribution is 0.0162. The summed E-state index contributed by atoms with van der Waals surface area (Å²) >= 11 is 0. The fourth-order valence-corrected chi connectivity index (χ4v) is 2.81. The highest BCUT2D eigenvalue weighted by molar-refractivity contribution is 5.13. The zero-order chi connectivity index (χ0) is 11.4. The first-order valence-corrected chi connectivity index (χ1v) is 6.19. The lowest BCUT2D eigenvalue weighted by Crippen LogP contribution is -2.36. The van der Waals surface area contributed by atoms with Gasteiger partial charge in [0, 0.05) is 17.5 Å². The maximum Gasteiger partial charge on any atom is 0.0960 e. The van der Waals surface area contributed by atoms with E-state index in [-0.39, 0.29) is 5.41 Å². The van der Waals surface area contributed by atoms with Gasteiger partial charge in [-0.2, -0.15) is 0 Å². The first-order chi connectivity index (χ1) is 7.78. The maximum atomic E-state index is 10.5. The van der Waals surface area contributed by atoms with Gasteiger partial charge in [0.15, 0.2) is 0 Å². The molecule has 0 amide bonds. The quantitative estimate of drug-likeness (QED) is 0.774. The normalized spacial score (nSPS) is 22.6. The highest BCUT2D eigenvalue weighted by atomic mass is 16.3. The Bertz CT molecular complexity index is 300. The number of hydrogen-bond donors (Lipinski definition) is 2. The second kappa shape index (κ2) is 5.02. The van der Waals surface area contributed by atoms with Gasteiger partial charge < -0.3 is 15.3 Å². The number of aliphatic hydroxyl groups is 1. The highest BCUT2D eigenvalue weighted by Gasteiger charge is 2.38. The van der Waals surface area contributed by atoms with Crippen LogP contribution < -0.4 is 5.73 Å². The number of nitrogens with two attached hydrogens (primary N) is 1. The summed E-state index contributed by atoms with van der Waals surface area (Å²) in [5.41, 5.74) is 6.65. The van der Waals surface area contributed by atoms with Crippen LogP contribution in [0.4, 0.5) is 0 Å². The Hall–Kier alpha value is -0.800. The number of hydrogen-bond acceptors (Lipinski definition) is 3. The van der Waals surface area contributed by atoms with Gasteiger partial charge in [0.25, 0.3) is 0 Å². The first-order valence-electron chi connectivity index (χ1n) is 6.19. The number of rotatable bonds is 3. The molecule has 1 aromatic heterocycles. The molecule has 1 aliphatic rings. The van der Waals surface area contributed by atoms with Crippen molar-refractivity contribution in [2.45, 2.75) is 44.6 Å². The maximum absolute atomic E-state index is 10.5. The van der Waals surface area contributed by atoms with Crippen molar-refractivity contribution in [3.63, 3.8) is 0 Å². The highest BCUT2D eigenvalue weighted by Crippen LogP contribution is 2.44. The molecule has 1 heterocycles. The summed E-state index contributed by atoms with van der Waals surface area (Å²) in [7, 11) is 0. The standard InChI is InChI=1S/C13H21NO2/c14-10-13(6-3-1-2-4-7-13)12(15)11-5-8-16-9-11/h5,8-9,12,15H,1-4,6-7,10,14H2. The van der Waals surface area contributed by atoms with Gasteiger partial charge in [-0.25, -0.2) is 0 Å². The van der Waals surface area contributed by atoms with Crippen molar-refractivity contribution in [3.05, 3.63) is 24.2 Å². The fraction of sp³-hybridized carbons (Fsp3) is 0.692. The van der Waals surface area contributed by atoms with Gasteiger partial charge in [0.2, 0.25) is 0 Å². The van der Waals surface area contributed by atoms with Crippen LogP contribution in [0.1, 0.15) is 50.2 Å². The molecule has 0 bridgehead atoms. The summed E-state index contributed by atoms with van der Waals surface area (Å²) in [5.74, 6) is 0. The summed E-state index contributed by atoms with van der Waals surface area (Å²) < 4.78 is 5.05. The van der Waals surface area contributed by atoms with Crippen LogP contribution in [0.25, 0.3) is 0 Å². The van der Waals surface area contributed by atoms with Crippen LogP contribution in [0, 0.1) is 5.41 Å². The van der Waals surface area contributed by atoms with Gasteiger partial charge >= 0.3 is 0 Å². The second-order valence-corrected chi connectivity index (χ2v) is 4.94. The summed E-state index contributed by atoms with van der Waals surface area (Å²) in [6, 6.07) is 1.84. The van der Waals surface area contributed by atoms with Crippen molar-refractivity contribution in [1.82, 2.24) is 0 Å². The lowest BCUT2D eigenvalue weighted by Gasteiger charge is -2.36. The van der Waals surface area contributed by atoms with E-state index < -0.39 is 6.10 Å². The van der Waals surface area contributed by atoms with E-state index in [0.717, 1.165) is 18.4 Å². The van der Waals surface area contributed by atoms with Gasteiger partial charge in [-0.1, -0.05) is 25.7 Å². The summed E-state index contributed by atoms with van der Waals surface area (Å²) in [4.78, 5) is 0. The van der Waals surface area contributed by atoms with Crippen molar-refractivity contribution < 1.29 is 9.52 Å². The summed E-state index contributed by atoms with van der Waals surface area (Å²) in [6.45, 7) is 0.555. The third-order valence-electron chi connectivity index (χ3n) is 3.94. The van der Waals surface area contributed by atoms with E-state index in [1.54, 1.807) is 12.5 Å². The third kappa shape index (κ3) is 2.15. The van der Waals surface area contributed by atoms with Crippen LogP contribution in [0.15, 0.2) is 23.0 Å². The van der Waals surface area contributed by atoms with E-state index in [1.807, 2.05) is 6.07 Å². The average Bonchev–Trinajstić information content (AvgIpc) is 2.73. The van der Waals surface area contributed by atoms with Gasteiger partial charge in [-0.05, 0) is 18.9 Å². The van der Waals surface area contributed by atoms with E-state index in [1.165, 1.54) is 25.7 Å². The lowest BCUT2D eigenvalue weighted by atomic mass is 9.73. The number of furan rings is 1. The first kappa shape index (κ1) is 11.7. The van der Waals surface area contributed by atoms with E-state index >= 15 is 0 Å². The van der Waals surface area contributed by atoms with Crippen LogP contribution in [-0.2, 0) is 0 Å². The predicted octanol–water partition coefficient (Wildman–Crippen LogP) is 2.61. The van der Waals surface area contributed by atoms with Crippen molar-refractivity contribution in [2.75, 3.05) is 6.54 Å². The van der Waals surface area contributed by atoms with E-state index in [2.05, 4.69) is 0 Å². The van der Waals surface area contributed by atoms with Gasteiger partial charge in [0.05, 0.1) is 18.6 Å². The van der Waals surface area contributed by atoms with Crippen molar-refractivity contribution in [2.24, 2.45) is 11.1 Å². The molecular formula is C13H21NO2. The molecule has 3 nitrogen and oxygen atoms in total. The molecule has 0 aliphatic heterocycles. The van der Waals surface area contributed by atoms with Gasteiger partial charge in [-0.15, -0.1) is 0 Å². The molecular weight excluding hydrogens is 202 g/mol. The molecule has 3 heteroatoms. The molecule has 1 fully saturated rings. The molecule has 2 rings (SSSR count). The molecule has 0 radical (unpaired) electrons. The van der Waals surface area contributed by atoms with Crippen LogP contribution >= 0.6 is 0 Å². The Morgan fingerprint density at radius 3 is 2.50 bits per heavy atom. The van der Waals surface area contributed by atoms with Crippen LogP contribution in [0.2, 0.25) is 0 Å². The molecule has 16 heavy (non-hydrogen) atoms. The van der Waals surface area contributed by atoms with Crippen LogP contribution in [0.3, 0.4) is 0 Å². The molecule has 0 spiro atoms. The predicted molar refractivity (Wildman–Crippen MR) is 62.9 cm³/mol. The Labute approximate surface area is 96.6 Å². The summed E-state index contributed by atoms with van der Waals surface area (Å²) in [5, 5.41) is 10.5. The zero-order valence-electron chi connectivity index (χ0n) is 9.69. The SMILES string of the molecule is NCC1(C(O)c2ccoc2)CCCCCC1. The van der Waals surface area contributed by atoms with Crippen molar-refractivity contribution in [1.29, 1.82) is 0 Å². The van der Waals surface area contributed by atoms with Crippen molar-refractivity contribution in [3.8, 4) is 0 Å². The van der Waals surface area contributed by atoms with E-state index in [9.17, 15) is 5.11 Å². The number of aliphatic hydroxyl groups excluding tert-OH is 1. The smallest absolute Gasteiger partial charge is 0.0960 e. The molecule has 1 unspecified atom stereocenters. The zero-order valence-corrected chi connectivity index (χ0v) is 9.69. The molecule has 1 saturated carbocycles. The van der Waals surface area contributed by atoms with Crippen molar-refractivity contribution >= 4 is 0 Å². The molecule has 0 saturated heterocycles. The Morgan fingerprint density at radius 1 is 1.31 bits per heavy atom. The van der Waals surface area contributed by atoms with E-state index in [0.29, 0.717) is 6.54 Å². The van der Waals surface area contributed by atoms with Crippen LogP contribution in [0.5, 0.6) is 0 Å². The molecule has 1 aromatic rings. The minimum absolute atomic E-state index is 0.139. The second-order valence-electron chi connectivity index (χ2n) is 4.94. The molecule has 0 aromatic carbocycles. The monoisotopic (exact) mass is 223 g/mol. The van der Waals surface area contributed by atoms with Gasteiger partial charge in [0.1, 0.15) is 0 Å². The Balaban J connectivity index is 2.18. The molecule has 1 aliphatic carbocycles.